The molecule has 1 fully saturated rings. The SMILES string of the molecule is CCOc1nc(Nc2cc(C)ccc2OC2CCN(C)CC2)ncc1C(=O)Nc1c(Cl)cccc1Br. The van der Waals surface area contributed by atoms with E-state index in [2.05, 4.69) is 48.5 Å². The number of para-hydroxylation sites is 1. The molecule has 0 bridgehead atoms. The molecule has 1 saturated heterocycles. The smallest absolute Gasteiger partial charge is 0.262 e. The van der Waals surface area contributed by atoms with Crippen molar-refractivity contribution >= 4 is 50.8 Å². The largest absolute Gasteiger partial charge is 0.488 e. The van der Waals surface area contributed by atoms with E-state index < -0.39 is 5.91 Å². The van der Waals surface area contributed by atoms with E-state index in [9.17, 15) is 4.79 Å². The van der Waals surface area contributed by atoms with Crippen LogP contribution in [0.25, 0.3) is 0 Å². The number of nitrogens with zero attached hydrogens (tertiary/aromatic N) is 3. The topological polar surface area (TPSA) is 88.6 Å². The molecule has 3 aromatic rings. The van der Waals surface area contributed by atoms with Gasteiger partial charge in [-0.2, -0.15) is 4.98 Å². The number of piperidine rings is 1. The first-order valence-corrected chi connectivity index (χ1v) is 13.0. The Kier molecular flexibility index (Phi) is 8.66. The molecule has 1 aromatic heterocycles. The fourth-order valence-electron chi connectivity index (χ4n) is 3.87. The standard InChI is InChI=1S/C26H29BrClN5O3/c1-4-35-25-18(24(34)31-23-19(27)6-5-7-20(23)28)15-29-26(32-25)30-21-14-16(2)8-9-22(21)36-17-10-12-33(3)13-11-17/h5-9,14-15,17H,4,10-13H2,1-3H3,(H,31,34)(H,29,30,32). The lowest BCUT2D eigenvalue weighted by molar-refractivity contribution is 0.102. The third-order valence-electron chi connectivity index (χ3n) is 5.82. The normalized spacial score (nSPS) is 14.4. The second-order valence-electron chi connectivity index (χ2n) is 8.64. The molecule has 1 aliphatic heterocycles. The van der Waals surface area contributed by atoms with E-state index in [1.54, 1.807) is 18.2 Å². The lowest BCUT2D eigenvalue weighted by Crippen LogP contribution is -2.35. The zero-order valence-electron chi connectivity index (χ0n) is 20.5. The molecule has 0 saturated carbocycles. The third kappa shape index (κ3) is 6.46. The Hall–Kier alpha value is -2.88. The maximum atomic E-state index is 13.0. The highest BCUT2D eigenvalue weighted by molar-refractivity contribution is 9.10. The van der Waals surface area contributed by atoms with Crippen LogP contribution in [-0.2, 0) is 0 Å². The molecule has 2 heterocycles. The number of aryl methyl sites for hydroxylation is 1. The van der Waals surface area contributed by atoms with E-state index in [-0.39, 0.29) is 17.5 Å². The molecular weight excluding hydrogens is 546 g/mol. The Labute approximate surface area is 224 Å². The van der Waals surface area contributed by atoms with Gasteiger partial charge in [-0.25, -0.2) is 4.98 Å². The molecule has 10 heteroatoms. The molecule has 0 aliphatic carbocycles. The molecule has 2 aromatic carbocycles. The summed E-state index contributed by atoms with van der Waals surface area (Å²) in [6, 6.07) is 11.2. The van der Waals surface area contributed by atoms with E-state index in [1.807, 2.05) is 32.0 Å². The number of aromatic nitrogens is 2. The van der Waals surface area contributed by atoms with Crippen molar-refractivity contribution in [3.8, 4) is 11.6 Å². The van der Waals surface area contributed by atoms with Crippen LogP contribution >= 0.6 is 27.5 Å². The average molecular weight is 575 g/mol. The fourth-order valence-corrected chi connectivity index (χ4v) is 4.68. The van der Waals surface area contributed by atoms with Crippen LogP contribution in [0.15, 0.2) is 47.1 Å². The van der Waals surface area contributed by atoms with Gasteiger partial charge in [-0.1, -0.05) is 23.7 Å². The fraction of sp³-hybridized carbons (Fsp3) is 0.346. The Balaban J connectivity index is 1.56. The Morgan fingerprint density at radius 3 is 2.75 bits per heavy atom. The number of amides is 1. The summed E-state index contributed by atoms with van der Waals surface area (Å²) in [5.41, 5.74) is 2.48. The summed E-state index contributed by atoms with van der Waals surface area (Å²) in [4.78, 5) is 24.2. The number of rotatable bonds is 8. The van der Waals surface area contributed by atoms with E-state index in [1.165, 1.54) is 6.20 Å². The summed E-state index contributed by atoms with van der Waals surface area (Å²) >= 11 is 9.66. The van der Waals surface area contributed by atoms with Gasteiger partial charge in [-0.3, -0.25) is 4.79 Å². The summed E-state index contributed by atoms with van der Waals surface area (Å²) < 4.78 is 12.7. The number of hydrogen-bond acceptors (Lipinski definition) is 7. The first-order chi connectivity index (χ1) is 17.3. The molecular formula is C26H29BrClN5O3. The third-order valence-corrected chi connectivity index (χ3v) is 6.80. The van der Waals surface area contributed by atoms with Crippen molar-refractivity contribution in [1.82, 2.24) is 14.9 Å². The average Bonchev–Trinajstić information content (AvgIpc) is 2.85. The second-order valence-corrected chi connectivity index (χ2v) is 9.90. The summed E-state index contributed by atoms with van der Waals surface area (Å²) in [7, 11) is 2.12. The number of anilines is 3. The Bertz CT molecular complexity index is 1210. The van der Waals surface area contributed by atoms with Gasteiger partial charge in [0.25, 0.3) is 5.91 Å². The van der Waals surface area contributed by atoms with Crippen molar-refractivity contribution in [3.63, 3.8) is 0 Å². The highest BCUT2D eigenvalue weighted by Crippen LogP contribution is 2.33. The van der Waals surface area contributed by atoms with Crippen LogP contribution < -0.4 is 20.1 Å². The Morgan fingerprint density at radius 2 is 2.03 bits per heavy atom. The van der Waals surface area contributed by atoms with Crippen LogP contribution in [0.5, 0.6) is 11.6 Å². The quantitative estimate of drug-likeness (QED) is 0.338. The molecule has 0 unspecified atom stereocenters. The lowest BCUT2D eigenvalue weighted by Gasteiger charge is -2.30. The number of hydrogen-bond donors (Lipinski definition) is 2. The van der Waals surface area contributed by atoms with Gasteiger partial charge in [-0.15, -0.1) is 0 Å². The summed E-state index contributed by atoms with van der Waals surface area (Å²) in [5.74, 6) is 0.775. The number of benzene rings is 2. The molecule has 1 aliphatic rings. The molecule has 0 radical (unpaired) electrons. The number of likely N-dealkylation sites (tertiary alicyclic amines) is 1. The molecule has 8 nitrogen and oxygen atoms in total. The number of ether oxygens (including phenoxy) is 2. The summed E-state index contributed by atoms with van der Waals surface area (Å²) in [6.45, 7) is 6.19. The van der Waals surface area contributed by atoms with E-state index >= 15 is 0 Å². The van der Waals surface area contributed by atoms with E-state index in [4.69, 9.17) is 21.1 Å². The van der Waals surface area contributed by atoms with E-state index in [0.717, 1.165) is 42.9 Å². The Morgan fingerprint density at radius 1 is 1.25 bits per heavy atom. The number of halogens is 2. The number of nitrogens with one attached hydrogen (secondary N) is 2. The maximum absolute atomic E-state index is 13.0. The predicted molar refractivity (Wildman–Crippen MR) is 146 cm³/mol. The molecule has 1 amide bonds. The van der Waals surface area contributed by atoms with Gasteiger partial charge in [0.1, 0.15) is 17.4 Å². The number of carbonyl (C=O) groups is 1. The zero-order valence-corrected chi connectivity index (χ0v) is 22.8. The highest BCUT2D eigenvalue weighted by atomic mass is 79.9. The molecule has 0 spiro atoms. The number of carbonyl (C=O) groups excluding carboxylic acids is 1. The first-order valence-electron chi connectivity index (χ1n) is 11.8. The van der Waals surface area contributed by atoms with Crippen LogP contribution in [0.3, 0.4) is 0 Å². The molecule has 190 valence electrons. The van der Waals surface area contributed by atoms with Crippen LogP contribution in [0.4, 0.5) is 17.3 Å². The minimum Gasteiger partial charge on any atom is -0.488 e. The minimum atomic E-state index is -0.430. The van der Waals surface area contributed by atoms with Gasteiger partial charge >= 0.3 is 0 Å². The minimum absolute atomic E-state index is 0.152. The van der Waals surface area contributed by atoms with Crippen LogP contribution in [0.1, 0.15) is 35.7 Å². The van der Waals surface area contributed by atoms with Gasteiger partial charge in [0.05, 0.1) is 23.0 Å². The van der Waals surface area contributed by atoms with Crippen LogP contribution in [0.2, 0.25) is 5.02 Å². The molecule has 2 N–H and O–H groups in total. The van der Waals surface area contributed by atoms with Gasteiger partial charge < -0.3 is 25.0 Å². The highest BCUT2D eigenvalue weighted by Gasteiger charge is 2.21. The lowest BCUT2D eigenvalue weighted by atomic mass is 10.1. The van der Waals surface area contributed by atoms with Gasteiger partial charge in [0.15, 0.2) is 0 Å². The first kappa shape index (κ1) is 26.2. The van der Waals surface area contributed by atoms with Gasteiger partial charge in [0.2, 0.25) is 11.8 Å². The predicted octanol–water partition coefficient (Wildman–Crippen LogP) is 6.07. The maximum Gasteiger partial charge on any atom is 0.262 e. The van der Waals surface area contributed by atoms with Crippen molar-refractivity contribution in [3.05, 3.63) is 63.2 Å². The molecule has 0 atom stereocenters. The summed E-state index contributed by atoms with van der Waals surface area (Å²) in [5, 5.41) is 6.46. The van der Waals surface area contributed by atoms with Crippen molar-refractivity contribution in [2.45, 2.75) is 32.8 Å². The zero-order chi connectivity index (χ0) is 25.7. The van der Waals surface area contributed by atoms with Crippen molar-refractivity contribution < 1.29 is 14.3 Å². The summed E-state index contributed by atoms with van der Waals surface area (Å²) in [6.07, 6.45) is 3.54. The van der Waals surface area contributed by atoms with Crippen molar-refractivity contribution in [2.24, 2.45) is 0 Å². The molecule has 36 heavy (non-hydrogen) atoms. The monoisotopic (exact) mass is 573 g/mol. The van der Waals surface area contributed by atoms with E-state index in [0.29, 0.717) is 27.7 Å². The van der Waals surface area contributed by atoms with Gasteiger partial charge in [-0.05, 0) is 79.5 Å². The van der Waals surface area contributed by atoms with Crippen LogP contribution in [0, 0.1) is 6.92 Å². The molecule has 4 rings (SSSR count). The van der Waals surface area contributed by atoms with Crippen molar-refractivity contribution in [2.75, 3.05) is 37.4 Å². The van der Waals surface area contributed by atoms with Crippen molar-refractivity contribution in [1.29, 1.82) is 0 Å². The van der Waals surface area contributed by atoms with Crippen LogP contribution in [-0.4, -0.2) is 53.6 Å². The van der Waals surface area contributed by atoms with Gasteiger partial charge in [0, 0.05) is 23.8 Å². The second kappa shape index (κ2) is 11.9.